The molecule has 0 bridgehead atoms. The number of fused-ring (bicyclic) bond motifs is 1. The molecule has 1 heterocycles. The van der Waals surface area contributed by atoms with Gasteiger partial charge in [-0.25, -0.2) is 0 Å². The largest absolute Gasteiger partial charge is 0.489 e. The van der Waals surface area contributed by atoms with Crippen LogP contribution in [0.1, 0.15) is 30.4 Å². The number of aryl methyl sites for hydroxylation is 2. The third-order valence-electron chi connectivity index (χ3n) is 5.14. The first-order valence-corrected chi connectivity index (χ1v) is 9.34. The van der Waals surface area contributed by atoms with Gasteiger partial charge in [-0.3, -0.25) is 19.3 Å². The van der Waals surface area contributed by atoms with E-state index >= 15 is 0 Å². The summed E-state index contributed by atoms with van der Waals surface area (Å²) in [4.78, 5) is 37.8. The molecule has 3 rings (SSSR count). The number of ether oxygens (including phenoxy) is 2. The summed E-state index contributed by atoms with van der Waals surface area (Å²) in [5.41, 5.74) is 2.06. The Hall–Kier alpha value is -2.63. The highest BCUT2D eigenvalue weighted by atomic mass is 16.6. The van der Waals surface area contributed by atoms with Gasteiger partial charge in [0.1, 0.15) is 19.0 Å². The molecule has 0 saturated carbocycles. The van der Waals surface area contributed by atoms with Gasteiger partial charge in [0, 0.05) is 6.54 Å². The highest BCUT2D eigenvalue weighted by Crippen LogP contribution is 2.35. The smallest absolute Gasteiger partial charge is 0.307 e. The van der Waals surface area contributed by atoms with Gasteiger partial charge in [0.15, 0.2) is 0 Å². The molecule has 2 amide bonds. The normalized spacial score (nSPS) is 21.3. The second-order valence-corrected chi connectivity index (χ2v) is 7.02. The van der Waals surface area contributed by atoms with Crippen LogP contribution >= 0.6 is 0 Å². The third kappa shape index (κ3) is 4.21. The van der Waals surface area contributed by atoms with Crippen LogP contribution in [0.25, 0.3) is 0 Å². The monoisotopic (exact) mass is 371 g/mol. The van der Waals surface area contributed by atoms with Crippen molar-refractivity contribution in [3.05, 3.63) is 41.5 Å². The molecule has 1 aromatic rings. The molecule has 6 nitrogen and oxygen atoms in total. The molecule has 1 aromatic carbocycles. The van der Waals surface area contributed by atoms with Crippen molar-refractivity contribution in [3.8, 4) is 5.75 Å². The fourth-order valence-corrected chi connectivity index (χ4v) is 3.69. The number of rotatable bonds is 7. The molecule has 0 spiro atoms. The summed E-state index contributed by atoms with van der Waals surface area (Å²) in [6.45, 7) is 4.40. The van der Waals surface area contributed by atoms with Crippen molar-refractivity contribution >= 4 is 17.8 Å². The number of imide groups is 1. The van der Waals surface area contributed by atoms with Gasteiger partial charge in [0.25, 0.3) is 0 Å². The average Bonchev–Trinajstić information content (AvgIpc) is 2.90. The summed E-state index contributed by atoms with van der Waals surface area (Å²) in [7, 11) is 0. The van der Waals surface area contributed by atoms with Crippen LogP contribution in [0.5, 0.6) is 5.75 Å². The number of carbonyl (C=O) groups is 3. The Balaban J connectivity index is 1.40. The first-order chi connectivity index (χ1) is 13.0. The Bertz CT molecular complexity index is 724. The summed E-state index contributed by atoms with van der Waals surface area (Å²) in [6.07, 6.45) is 5.10. The molecule has 6 heteroatoms. The molecule has 1 saturated heterocycles. The standard InChI is InChI=1S/C21H25NO5/c1-14-6-5-7-15(2)19(14)27-13-12-26-18(23)10-11-22-20(24)16-8-3-4-9-17(16)21(22)25/h3-7,16-17H,8-13H2,1-2H3/t16-,17+. The molecule has 144 valence electrons. The number of hydrogen-bond acceptors (Lipinski definition) is 5. The van der Waals surface area contributed by atoms with Crippen molar-refractivity contribution in [2.24, 2.45) is 11.8 Å². The van der Waals surface area contributed by atoms with Crippen molar-refractivity contribution in [2.75, 3.05) is 19.8 Å². The van der Waals surface area contributed by atoms with Gasteiger partial charge in [0.05, 0.1) is 18.3 Å². The number of nitrogens with zero attached hydrogens (tertiary/aromatic N) is 1. The van der Waals surface area contributed by atoms with Gasteiger partial charge in [-0.15, -0.1) is 0 Å². The maximum Gasteiger partial charge on any atom is 0.307 e. The molecule has 0 N–H and O–H groups in total. The Labute approximate surface area is 159 Å². The van der Waals surface area contributed by atoms with Gasteiger partial charge in [-0.05, 0) is 37.8 Å². The number of carbonyl (C=O) groups excluding carboxylic acids is 3. The summed E-state index contributed by atoms with van der Waals surface area (Å²) < 4.78 is 10.9. The number of esters is 1. The van der Waals surface area contributed by atoms with Gasteiger partial charge < -0.3 is 9.47 Å². The zero-order chi connectivity index (χ0) is 19.4. The maximum absolute atomic E-state index is 12.3. The number of para-hydroxylation sites is 1. The van der Waals surface area contributed by atoms with Crippen LogP contribution in [0.4, 0.5) is 0 Å². The Kier molecular flexibility index (Phi) is 5.94. The van der Waals surface area contributed by atoms with E-state index in [1.165, 1.54) is 4.90 Å². The number of hydrogen-bond donors (Lipinski definition) is 0. The lowest BCUT2D eigenvalue weighted by Crippen LogP contribution is -2.33. The Morgan fingerprint density at radius 1 is 1.04 bits per heavy atom. The molecule has 0 aromatic heterocycles. The highest BCUT2D eigenvalue weighted by Gasteiger charge is 2.46. The molecule has 1 aliphatic carbocycles. The lowest BCUT2D eigenvalue weighted by atomic mass is 9.85. The van der Waals surface area contributed by atoms with Gasteiger partial charge in [0.2, 0.25) is 11.8 Å². The van der Waals surface area contributed by atoms with E-state index in [0.29, 0.717) is 12.8 Å². The first-order valence-electron chi connectivity index (χ1n) is 9.34. The van der Waals surface area contributed by atoms with E-state index in [4.69, 9.17) is 9.47 Å². The predicted molar refractivity (Wildman–Crippen MR) is 99.1 cm³/mol. The fourth-order valence-electron chi connectivity index (χ4n) is 3.69. The maximum atomic E-state index is 12.3. The number of likely N-dealkylation sites (tertiary alicyclic amines) is 1. The van der Waals surface area contributed by atoms with E-state index in [0.717, 1.165) is 16.9 Å². The number of benzene rings is 1. The van der Waals surface area contributed by atoms with E-state index in [1.807, 2.05) is 44.2 Å². The molecule has 2 atom stereocenters. The third-order valence-corrected chi connectivity index (χ3v) is 5.14. The molecule has 27 heavy (non-hydrogen) atoms. The zero-order valence-electron chi connectivity index (χ0n) is 15.8. The molecule has 0 unspecified atom stereocenters. The summed E-state index contributed by atoms with van der Waals surface area (Å²) >= 11 is 0. The van der Waals surface area contributed by atoms with E-state index in [-0.39, 0.29) is 49.8 Å². The minimum Gasteiger partial charge on any atom is -0.489 e. The minimum atomic E-state index is -0.436. The molecular weight excluding hydrogens is 346 g/mol. The van der Waals surface area contributed by atoms with E-state index in [1.54, 1.807) is 0 Å². The van der Waals surface area contributed by atoms with E-state index in [9.17, 15) is 14.4 Å². The summed E-state index contributed by atoms with van der Waals surface area (Å²) in [6, 6.07) is 5.89. The van der Waals surface area contributed by atoms with Crippen LogP contribution in [-0.4, -0.2) is 42.4 Å². The lowest BCUT2D eigenvalue weighted by molar-refractivity contribution is -0.146. The van der Waals surface area contributed by atoms with Crippen molar-refractivity contribution in [3.63, 3.8) is 0 Å². The van der Waals surface area contributed by atoms with E-state index in [2.05, 4.69) is 0 Å². The quantitative estimate of drug-likeness (QED) is 0.319. The zero-order valence-corrected chi connectivity index (χ0v) is 15.8. The Morgan fingerprint density at radius 2 is 1.63 bits per heavy atom. The fraction of sp³-hybridized carbons (Fsp3) is 0.476. The minimum absolute atomic E-state index is 0.00768. The van der Waals surface area contributed by atoms with E-state index < -0.39 is 5.97 Å². The Morgan fingerprint density at radius 3 is 2.22 bits per heavy atom. The lowest BCUT2D eigenvalue weighted by Gasteiger charge is -2.14. The van der Waals surface area contributed by atoms with Crippen molar-refractivity contribution in [1.29, 1.82) is 0 Å². The first kappa shape index (κ1) is 19.1. The second-order valence-electron chi connectivity index (χ2n) is 7.02. The summed E-state index contributed by atoms with van der Waals surface area (Å²) in [5, 5.41) is 0. The number of allylic oxidation sites excluding steroid dienone is 2. The van der Waals surface area contributed by atoms with Crippen LogP contribution < -0.4 is 4.74 Å². The predicted octanol–water partition coefficient (Wildman–Crippen LogP) is 2.57. The van der Waals surface area contributed by atoms with Crippen molar-refractivity contribution in [1.82, 2.24) is 4.90 Å². The van der Waals surface area contributed by atoms with Crippen LogP contribution in [0.15, 0.2) is 30.4 Å². The van der Waals surface area contributed by atoms with Crippen LogP contribution in [0.3, 0.4) is 0 Å². The van der Waals surface area contributed by atoms with Gasteiger partial charge in [-0.1, -0.05) is 30.4 Å². The van der Waals surface area contributed by atoms with Crippen LogP contribution in [-0.2, 0) is 19.1 Å². The van der Waals surface area contributed by atoms with Crippen LogP contribution in [0, 0.1) is 25.7 Å². The van der Waals surface area contributed by atoms with Crippen LogP contribution in [0.2, 0.25) is 0 Å². The van der Waals surface area contributed by atoms with Gasteiger partial charge >= 0.3 is 5.97 Å². The molecule has 1 aliphatic heterocycles. The summed E-state index contributed by atoms with van der Waals surface area (Å²) in [5.74, 6) is -0.485. The molecule has 0 radical (unpaired) electrons. The highest BCUT2D eigenvalue weighted by molar-refractivity contribution is 6.05. The second kappa shape index (κ2) is 8.37. The molecule has 2 aliphatic rings. The van der Waals surface area contributed by atoms with Crippen molar-refractivity contribution < 1.29 is 23.9 Å². The molecular formula is C21H25NO5. The van der Waals surface area contributed by atoms with Crippen molar-refractivity contribution in [2.45, 2.75) is 33.1 Å². The topological polar surface area (TPSA) is 72.9 Å². The van der Waals surface area contributed by atoms with Gasteiger partial charge in [-0.2, -0.15) is 0 Å². The molecule has 1 fully saturated rings. The average molecular weight is 371 g/mol. The number of amides is 2. The SMILES string of the molecule is Cc1cccc(C)c1OCCOC(=O)CCN1C(=O)[C@H]2CC=CC[C@H]2C1=O.